The summed E-state index contributed by atoms with van der Waals surface area (Å²) in [6.45, 7) is 3.42. The van der Waals surface area contributed by atoms with Crippen molar-refractivity contribution in [1.82, 2.24) is 4.98 Å². The van der Waals surface area contributed by atoms with Crippen molar-refractivity contribution in [2.24, 2.45) is 0 Å². The fourth-order valence-corrected chi connectivity index (χ4v) is 2.75. The molecule has 0 saturated carbocycles. The smallest absolute Gasteiger partial charge is 0.310 e. The van der Waals surface area contributed by atoms with Gasteiger partial charge in [-0.15, -0.1) is 0 Å². The van der Waals surface area contributed by atoms with Gasteiger partial charge in [-0.25, -0.2) is 0 Å². The number of Topliss-reactive ketones (excluding diaryl/α,β-unsaturated/α-hetero) is 1. The zero-order valence-corrected chi connectivity index (χ0v) is 13.3. The molecular weight excluding hydrogens is 308 g/mol. The van der Waals surface area contributed by atoms with Crippen LogP contribution in [0.4, 0.5) is 5.69 Å². The van der Waals surface area contributed by atoms with Crippen LogP contribution in [-0.2, 0) is 0 Å². The highest BCUT2D eigenvalue weighted by Gasteiger charge is 2.25. The number of aromatic nitrogens is 1. The van der Waals surface area contributed by atoms with Gasteiger partial charge in [0.05, 0.1) is 4.92 Å². The lowest BCUT2D eigenvalue weighted by Crippen LogP contribution is -2.24. The second-order valence-electron chi connectivity index (χ2n) is 5.52. The Labute approximate surface area is 138 Å². The van der Waals surface area contributed by atoms with Gasteiger partial charge in [0.25, 0.3) is 0 Å². The number of fused-ring (bicyclic) bond motifs is 1. The van der Waals surface area contributed by atoms with Crippen LogP contribution in [-0.4, -0.2) is 21.8 Å². The molecule has 3 rings (SSSR count). The SMILES string of the molecule is Cc1[nH]c2ccccc2c1C(=O)[C@H](C)Oc1ccccc1[N+](=O)[O-]. The van der Waals surface area contributed by atoms with Crippen molar-refractivity contribution in [3.63, 3.8) is 0 Å². The third-order valence-electron chi connectivity index (χ3n) is 3.87. The standard InChI is InChI=1S/C18H16N2O4/c1-11-17(13-7-3-4-8-14(13)19-11)18(21)12(2)24-16-10-6-5-9-15(16)20(22)23/h3-10,12,19H,1-2H3/t12-/m0/s1. The molecule has 1 aromatic heterocycles. The monoisotopic (exact) mass is 324 g/mol. The lowest BCUT2D eigenvalue weighted by molar-refractivity contribution is -0.386. The molecule has 0 spiro atoms. The Morgan fingerprint density at radius 3 is 2.58 bits per heavy atom. The average Bonchev–Trinajstić information content (AvgIpc) is 2.90. The zero-order chi connectivity index (χ0) is 17.3. The normalized spacial score (nSPS) is 12.1. The van der Waals surface area contributed by atoms with E-state index in [1.165, 1.54) is 12.1 Å². The number of carbonyl (C=O) groups excluding carboxylic acids is 1. The molecule has 1 N–H and O–H groups in total. The molecule has 0 aliphatic rings. The molecule has 0 unspecified atom stereocenters. The van der Waals surface area contributed by atoms with Crippen LogP contribution in [0, 0.1) is 17.0 Å². The molecule has 0 fully saturated rings. The number of hydrogen-bond acceptors (Lipinski definition) is 4. The second-order valence-corrected chi connectivity index (χ2v) is 5.52. The fourth-order valence-electron chi connectivity index (χ4n) is 2.75. The fraction of sp³-hybridized carbons (Fsp3) is 0.167. The van der Waals surface area contributed by atoms with E-state index < -0.39 is 11.0 Å². The van der Waals surface area contributed by atoms with Crippen molar-refractivity contribution >= 4 is 22.4 Å². The number of benzene rings is 2. The molecule has 1 atom stereocenters. The van der Waals surface area contributed by atoms with Gasteiger partial charge in [0.1, 0.15) is 0 Å². The summed E-state index contributed by atoms with van der Waals surface area (Å²) in [4.78, 5) is 26.5. The van der Waals surface area contributed by atoms with E-state index in [9.17, 15) is 14.9 Å². The second kappa shape index (κ2) is 6.16. The summed E-state index contributed by atoms with van der Waals surface area (Å²) < 4.78 is 5.59. The molecule has 6 nitrogen and oxygen atoms in total. The maximum atomic E-state index is 12.8. The Balaban J connectivity index is 1.93. The van der Waals surface area contributed by atoms with Crippen LogP contribution >= 0.6 is 0 Å². The molecule has 0 aliphatic heterocycles. The number of nitro groups is 1. The molecule has 122 valence electrons. The van der Waals surface area contributed by atoms with E-state index in [1.807, 2.05) is 31.2 Å². The first kappa shape index (κ1) is 15.7. The predicted octanol–water partition coefficient (Wildman–Crippen LogP) is 4.03. The third kappa shape index (κ3) is 2.74. The van der Waals surface area contributed by atoms with Crippen molar-refractivity contribution in [3.8, 4) is 5.75 Å². The van der Waals surface area contributed by atoms with E-state index in [-0.39, 0.29) is 17.2 Å². The van der Waals surface area contributed by atoms with Gasteiger partial charge in [-0.05, 0) is 26.0 Å². The largest absolute Gasteiger partial charge is 0.475 e. The topological polar surface area (TPSA) is 85.2 Å². The van der Waals surface area contributed by atoms with Crippen molar-refractivity contribution < 1.29 is 14.5 Å². The van der Waals surface area contributed by atoms with Crippen molar-refractivity contribution in [3.05, 3.63) is 69.9 Å². The molecule has 3 aromatic rings. The van der Waals surface area contributed by atoms with E-state index >= 15 is 0 Å². The Morgan fingerprint density at radius 2 is 1.83 bits per heavy atom. The van der Waals surface area contributed by atoms with Crippen LogP contribution in [0.2, 0.25) is 0 Å². The van der Waals surface area contributed by atoms with Crippen LogP contribution in [0.15, 0.2) is 48.5 Å². The number of ether oxygens (including phenoxy) is 1. The lowest BCUT2D eigenvalue weighted by atomic mass is 10.0. The number of para-hydroxylation sites is 3. The number of nitrogens with zero attached hydrogens (tertiary/aromatic N) is 1. The Morgan fingerprint density at radius 1 is 1.17 bits per heavy atom. The molecule has 0 radical (unpaired) electrons. The maximum Gasteiger partial charge on any atom is 0.310 e. The van der Waals surface area contributed by atoms with Gasteiger partial charge in [0.15, 0.2) is 11.9 Å². The minimum Gasteiger partial charge on any atom is -0.475 e. The van der Waals surface area contributed by atoms with Crippen LogP contribution in [0.3, 0.4) is 0 Å². The number of H-pyrrole nitrogens is 1. The molecule has 24 heavy (non-hydrogen) atoms. The van der Waals surface area contributed by atoms with Crippen LogP contribution in [0.1, 0.15) is 23.0 Å². The summed E-state index contributed by atoms with van der Waals surface area (Å²) in [7, 11) is 0. The van der Waals surface area contributed by atoms with E-state index in [4.69, 9.17) is 4.74 Å². The van der Waals surface area contributed by atoms with Gasteiger partial charge in [0.2, 0.25) is 5.78 Å². The molecule has 2 aromatic carbocycles. The number of rotatable bonds is 5. The molecule has 0 bridgehead atoms. The number of nitrogens with one attached hydrogen (secondary N) is 1. The number of aromatic amines is 1. The summed E-state index contributed by atoms with van der Waals surface area (Å²) in [6, 6.07) is 13.5. The van der Waals surface area contributed by atoms with E-state index in [0.29, 0.717) is 5.56 Å². The van der Waals surface area contributed by atoms with E-state index in [1.54, 1.807) is 19.1 Å². The minimum atomic E-state index is -0.844. The molecular formula is C18H16N2O4. The van der Waals surface area contributed by atoms with Gasteiger partial charge in [-0.1, -0.05) is 30.3 Å². The van der Waals surface area contributed by atoms with Gasteiger partial charge < -0.3 is 9.72 Å². The van der Waals surface area contributed by atoms with Gasteiger partial charge in [-0.3, -0.25) is 14.9 Å². The Bertz CT molecular complexity index is 930. The highest BCUT2D eigenvalue weighted by molar-refractivity contribution is 6.11. The summed E-state index contributed by atoms with van der Waals surface area (Å²) in [5.74, 6) is -0.135. The van der Waals surface area contributed by atoms with Crippen LogP contribution in [0.5, 0.6) is 5.75 Å². The van der Waals surface area contributed by atoms with Crippen molar-refractivity contribution in [2.75, 3.05) is 0 Å². The summed E-state index contributed by atoms with van der Waals surface area (Å²) >= 11 is 0. The van der Waals surface area contributed by atoms with Crippen LogP contribution in [0.25, 0.3) is 10.9 Å². The summed E-state index contributed by atoms with van der Waals surface area (Å²) in [6.07, 6.45) is -0.844. The van der Waals surface area contributed by atoms with Crippen LogP contribution < -0.4 is 4.74 Å². The molecule has 0 aliphatic carbocycles. The maximum absolute atomic E-state index is 12.8. The first-order chi connectivity index (χ1) is 11.5. The predicted molar refractivity (Wildman–Crippen MR) is 90.6 cm³/mol. The van der Waals surface area contributed by atoms with E-state index in [2.05, 4.69) is 4.98 Å². The van der Waals surface area contributed by atoms with Gasteiger partial charge in [-0.2, -0.15) is 0 Å². The number of aryl methyl sites for hydroxylation is 1. The zero-order valence-electron chi connectivity index (χ0n) is 13.3. The Kier molecular flexibility index (Phi) is 4.04. The van der Waals surface area contributed by atoms with Gasteiger partial charge >= 0.3 is 5.69 Å². The summed E-state index contributed by atoms with van der Waals surface area (Å²) in [5, 5.41) is 11.9. The minimum absolute atomic E-state index is 0.0841. The lowest BCUT2D eigenvalue weighted by Gasteiger charge is -2.14. The van der Waals surface area contributed by atoms with Crippen molar-refractivity contribution in [1.29, 1.82) is 0 Å². The highest BCUT2D eigenvalue weighted by Crippen LogP contribution is 2.29. The van der Waals surface area contributed by atoms with E-state index in [0.717, 1.165) is 16.6 Å². The number of ketones is 1. The van der Waals surface area contributed by atoms with Crippen molar-refractivity contribution in [2.45, 2.75) is 20.0 Å². The summed E-state index contributed by atoms with van der Waals surface area (Å²) in [5.41, 5.74) is 2.01. The average molecular weight is 324 g/mol. The molecule has 6 heteroatoms. The molecule has 1 heterocycles. The molecule has 0 amide bonds. The Hall–Kier alpha value is -3.15. The number of nitro benzene ring substituents is 1. The molecule has 0 saturated heterocycles. The van der Waals surface area contributed by atoms with Gasteiger partial charge in [0, 0.05) is 28.2 Å². The quantitative estimate of drug-likeness (QED) is 0.436. The first-order valence-corrected chi connectivity index (χ1v) is 7.50. The first-order valence-electron chi connectivity index (χ1n) is 7.50. The third-order valence-corrected chi connectivity index (χ3v) is 3.87. The number of hydrogen-bond donors (Lipinski definition) is 1. The highest BCUT2D eigenvalue weighted by atomic mass is 16.6. The number of carbonyl (C=O) groups is 1.